The molecule has 23 heavy (non-hydrogen) atoms. The van der Waals surface area contributed by atoms with Gasteiger partial charge in [-0.25, -0.2) is 9.78 Å². The van der Waals surface area contributed by atoms with E-state index in [9.17, 15) is 9.90 Å². The number of pyridine rings is 1. The van der Waals surface area contributed by atoms with Crippen molar-refractivity contribution in [1.82, 2.24) is 4.98 Å². The van der Waals surface area contributed by atoms with E-state index in [0.717, 1.165) is 0 Å². The van der Waals surface area contributed by atoms with Gasteiger partial charge in [-0.2, -0.15) is 0 Å². The lowest BCUT2D eigenvalue weighted by Gasteiger charge is -2.13. The van der Waals surface area contributed by atoms with Crippen LogP contribution in [0.25, 0.3) is 0 Å². The van der Waals surface area contributed by atoms with Crippen molar-refractivity contribution in [3.8, 4) is 23.1 Å². The summed E-state index contributed by atoms with van der Waals surface area (Å²) in [5, 5.41) is 9.35. The van der Waals surface area contributed by atoms with Gasteiger partial charge in [0.15, 0.2) is 11.5 Å². The van der Waals surface area contributed by atoms with Gasteiger partial charge < -0.3 is 19.3 Å². The van der Waals surface area contributed by atoms with Crippen molar-refractivity contribution in [3.05, 3.63) is 41.1 Å². The van der Waals surface area contributed by atoms with Gasteiger partial charge in [-0.3, -0.25) is 0 Å². The molecule has 1 aliphatic heterocycles. The number of benzene rings is 1. The number of hydrogen-bond donors (Lipinski definition) is 1. The van der Waals surface area contributed by atoms with E-state index in [1.54, 1.807) is 31.2 Å². The number of aromatic nitrogens is 1. The number of carboxylic acids is 1. The Balaban J connectivity index is 1.96. The Morgan fingerprint density at radius 1 is 1.35 bits per heavy atom. The number of carbonyl (C=O) groups is 1. The van der Waals surface area contributed by atoms with Gasteiger partial charge in [0, 0.05) is 12.1 Å². The Bertz CT molecular complexity index is 775. The van der Waals surface area contributed by atoms with Crippen LogP contribution in [0.3, 0.4) is 0 Å². The molecule has 3 rings (SSSR count). The summed E-state index contributed by atoms with van der Waals surface area (Å²) in [5.41, 5.74) is 1.20. The van der Waals surface area contributed by atoms with E-state index in [1.165, 1.54) is 0 Å². The number of ether oxygens (including phenoxy) is 3. The van der Waals surface area contributed by atoms with Crippen LogP contribution in [-0.2, 0) is 0 Å². The number of aryl methyl sites for hydroxylation is 1. The Morgan fingerprint density at radius 3 is 2.78 bits per heavy atom. The first kappa shape index (κ1) is 15.6. The fourth-order valence-electron chi connectivity index (χ4n) is 2.35. The minimum atomic E-state index is -1.01. The lowest BCUT2D eigenvalue weighted by Crippen LogP contribution is -2.09. The van der Waals surface area contributed by atoms with Crippen molar-refractivity contribution in [3.63, 3.8) is 0 Å². The van der Waals surface area contributed by atoms with Crippen molar-refractivity contribution in [1.29, 1.82) is 0 Å². The van der Waals surface area contributed by atoms with Gasteiger partial charge in [-0.05, 0) is 31.5 Å². The molecule has 2 aromatic rings. The van der Waals surface area contributed by atoms with Gasteiger partial charge in [-0.1, -0.05) is 15.9 Å². The zero-order chi connectivity index (χ0) is 16.6. The molecular weight excluding hydrogens is 366 g/mol. The standard InChI is InChI=1S/C16H14BrNO5/c1-8-5-13(18-15(9(2)17)14(8)16(19)20)23-10-3-4-11-12(6-10)22-7-21-11/h3-6,9H,7H2,1-2H3,(H,19,20). The summed E-state index contributed by atoms with van der Waals surface area (Å²) in [4.78, 5) is 15.5. The van der Waals surface area contributed by atoms with Crippen LogP contribution in [0.4, 0.5) is 0 Å². The van der Waals surface area contributed by atoms with E-state index in [-0.39, 0.29) is 17.2 Å². The maximum atomic E-state index is 11.4. The van der Waals surface area contributed by atoms with Gasteiger partial charge in [0.05, 0.1) is 16.1 Å². The van der Waals surface area contributed by atoms with Crippen molar-refractivity contribution in [2.24, 2.45) is 0 Å². The lowest BCUT2D eigenvalue weighted by molar-refractivity contribution is 0.0694. The van der Waals surface area contributed by atoms with Crippen molar-refractivity contribution < 1.29 is 24.1 Å². The first-order chi connectivity index (χ1) is 11.0. The van der Waals surface area contributed by atoms with Gasteiger partial charge in [0.2, 0.25) is 12.7 Å². The first-order valence-electron chi connectivity index (χ1n) is 6.92. The maximum absolute atomic E-state index is 11.4. The summed E-state index contributed by atoms with van der Waals surface area (Å²) in [6, 6.07) is 6.81. The lowest BCUT2D eigenvalue weighted by atomic mass is 10.1. The van der Waals surface area contributed by atoms with Crippen LogP contribution in [0.2, 0.25) is 0 Å². The van der Waals surface area contributed by atoms with Crippen LogP contribution in [-0.4, -0.2) is 22.9 Å². The predicted molar refractivity (Wildman–Crippen MR) is 85.9 cm³/mol. The summed E-state index contributed by atoms with van der Waals surface area (Å²) in [6.07, 6.45) is 0. The number of aromatic carboxylic acids is 1. The molecule has 120 valence electrons. The number of hydrogen-bond acceptors (Lipinski definition) is 5. The number of fused-ring (bicyclic) bond motifs is 1. The van der Waals surface area contributed by atoms with E-state index in [0.29, 0.717) is 34.4 Å². The molecule has 1 atom stereocenters. The number of rotatable bonds is 4. The fourth-order valence-corrected chi connectivity index (χ4v) is 2.68. The van der Waals surface area contributed by atoms with E-state index in [1.807, 2.05) is 6.92 Å². The Morgan fingerprint density at radius 2 is 2.09 bits per heavy atom. The van der Waals surface area contributed by atoms with Crippen LogP contribution in [0.15, 0.2) is 24.3 Å². The second kappa shape index (κ2) is 6.08. The van der Waals surface area contributed by atoms with Gasteiger partial charge in [-0.15, -0.1) is 0 Å². The molecule has 1 aromatic carbocycles. The summed E-state index contributed by atoms with van der Waals surface area (Å²) >= 11 is 3.38. The minimum absolute atomic E-state index is 0.187. The fraction of sp³-hybridized carbons (Fsp3) is 0.250. The molecular formula is C16H14BrNO5. The normalized spacial score (nSPS) is 13.7. The van der Waals surface area contributed by atoms with Crippen molar-refractivity contribution in [2.75, 3.05) is 6.79 Å². The summed E-state index contributed by atoms with van der Waals surface area (Å²) in [6.45, 7) is 3.73. The smallest absolute Gasteiger partial charge is 0.337 e. The SMILES string of the molecule is Cc1cc(Oc2ccc3c(c2)OCO3)nc(C(C)Br)c1C(=O)O. The molecule has 1 aromatic heterocycles. The molecule has 0 fully saturated rings. The highest BCUT2D eigenvalue weighted by atomic mass is 79.9. The van der Waals surface area contributed by atoms with Gasteiger partial charge in [0.1, 0.15) is 5.75 Å². The maximum Gasteiger partial charge on any atom is 0.337 e. The highest BCUT2D eigenvalue weighted by Crippen LogP contribution is 2.37. The number of alkyl halides is 1. The average molecular weight is 380 g/mol. The zero-order valence-corrected chi connectivity index (χ0v) is 14.1. The molecule has 0 saturated carbocycles. The van der Waals surface area contributed by atoms with Crippen LogP contribution >= 0.6 is 15.9 Å². The third-order valence-electron chi connectivity index (χ3n) is 3.38. The first-order valence-corrected chi connectivity index (χ1v) is 7.83. The molecule has 0 aliphatic carbocycles. The molecule has 0 spiro atoms. The molecule has 0 amide bonds. The second-order valence-corrected chi connectivity index (χ2v) is 6.45. The van der Waals surface area contributed by atoms with Crippen LogP contribution < -0.4 is 14.2 Å². The predicted octanol–water partition coefficient (Wildman–Crippen LogP) is 4.07. The molecule has 0 bridgehead atoms. The average Bonchev–Trinajstić information content (AvgIpc) is 2.93. The largest absolute Gasteiger partial charge is 0.478 e. The summed E-state index contributed by atoms with van der Waals surface area (Å²) in [7, 11) is 0. The molecule has 0 radical (unpaired) electrons. The molecule has 7 heteroatoms. The molecule has 2 heterocycles. The minimum Gasteiger partial charge on any atom is -0.478 e. The third kappa shape index (κ3) is 3.10. The van der Waals surface area contributed by atoms with Gasteiger partial charge >= 0.3 is 5.97 Å². The summed E-state index contributed by atoms with van der Waals surface area (Å²) < 4.78 is 16.3. The van der Waals surface area contributed by atoms with E-state index >= 15 is 0 Å². The molecule has 0 saturated heterocycles. The Kier molecular flexibility index (Phi) is 4.12. The number of halogens is 1. The third-order valence-corrected chi connectivity index (χ3v) is 3.81. The Hall–Kier alpha value is -2.28. The second-order valence-electron chi connectivity index (χ2n) is 5.08. The molecule has 1 N–H and O–H groups in total. The monoisotopic (exact) mass is 379 g/mol. The van der Waals surface area contributed by atoms with Crippen molar-refractivity contribution in [2.45, 2.75) is 18.7 Å². The summed E-state index contributed by atoms with van der Waals surface area (Å²) in [5.74, 6) is 1.13. The quantitative estimate of drug-likeness (QED) is 0.806. The molecule has 6 nitrogen and oxygen atoms in total. The Labute approximate surface area is 141 Å². The van der Waals surface area contributed by atoms with Gasteiger partial charge in [0.25, 0.3) is 0 Å². The van der Waals surface area contributed by atoms with Crippen LogP contribution in [0, 0.1) is 6.92 Å². The van der Waals surface area contributed by atoms with Crippen LogP contribution in [0.5, 0.6) is 23.1 Å². The number of nitrogens with zero attached hydrogens (tertiary/aromatic N) is 1. The number of carboxylic acid groups (broad SMARTS) is 1. The highest BCUT2D eigenvalue weighted by Gasteiger charge is 2.21. The topological polar surface area (TPSA) is 77.9 Å². The van der Waals surface area contributed by atoms with E-state index in [2.05, 4.69) is 20.9 Å². The van der Waals surface area contributed by atoms with E-state index < -0.39 is 5.97 Å². The van der Waals surface area contributed by atoms with Crippen LogP contribution in [0.1, 0.15) is 33.4 Å². The van der Waals surface area contributed by atoms with E-state index in [4.69, 9.17) is 14.2 Å². The molecule has 1 unspecified atom stereocenters. The highest BCUT2D eigenvalue weighted by molar-refractivity contribution is 9.09. The molecule has 1 aliphatic rings. The van der Waals surface area contributed by atoms with Crippen molar-refractivity contribution >= 4 is 21.9 Å². The zero-order valence-electron chi connectivity index (χ0n) is 12.5.